The van der Waals surface area contributed by atoms with Gasteiger partial charge in [0.25, 0.3) is 0 Å². The Morgan fingerprint density at radius 3 is 2.35 bits per heavy atom. The third kappa shape index (κ3) is 2.31. The van der Waals surface area contributed by atoms with Crippen molar-refractivity contribution in [1.29, 1.82) is 0 Å². The van der Waals surface area contributed by atoms with E-state index in [4.69, 9.17) is 34.8 Å². The molecule has 4 atom stereocenters. The number of allylic oxidation sites excluding steroid dienone is 2. The van der Waals surface area contributed by atoms with Crippen LogP contribution in [0.2, 0.25) is 0 Å². The maximum atomic E-state index is 6.31. The molecule has 1 unspecified atom stereocenters. The lowest BCUT2D eigenvalue weighted by molar-refractivity contribution is -0.951. The van der Waals surface area contributed by atoms with E-state index in [-0.39, 0.29) is 6.04 Å². The maximum Gasteiger partial charge on any atom is 0.246 e. The Morgan fingerprint density at radius 1 is 1.05 bits per heavy atom. The van der Waals surface area contributed by atoms with Gasteiger partial charge in [-0.1, -0.05) is 77.3 Å². The minimum Gasteiger partial charge on any atom is -0.319 e. The van der Waals surface area contributed by atoms with Crippen LogP contribution < -0.4 is 4.90 Å². The number of hydrogen-bond donors (Lipinski definition) is 1. The summed E-state index contributed by atoms with van der Waals surface area (Å²) < 4.78 is -1.30. The van der Waals surface area contributed by atoms with Crippen molar-refractivity contribution in [1.82, 2.24) is 0 Å². The summed E-state index contributed by atoms with van der Waals surface area (Å²) in [6.45, 7) is 3.07. The average molecular weight is 330 g/mol. The van der Waals surface area contributed by atoms with Crippen LogP contribution in [0.5, 0.6) is 0 Å². The number of quaternary nitrogens is 1. The Balaban J connectivity index is 2.19. The second-order valence-electron chi connectivity index (χ2n) is 5.35. The van der Waals surface area contributed by atoms with Crippen LogP contribution >= 0.6 is 34.8 Å². The fourth-order valence-corrected chi connectivity index (χ4v) is 4.33. The summed E-state index contributed by atoms with van der Waals surface area (Å²) in [4.78, 5) is 1.31. The summed E-state index contributed by atoms with van der Waals surface area (Å²) in [5.74, 6) is 0.370. The number of hydrogen-bond acceptors (Lipinski definition) is 0. The number of fused-ring (bicyclic) bond motifs is 3. The molecule has 1 N–H and O–H groups in total. The molecule has 1 aromatic rings. The lowest BCUT2D eigenvalue weighted by atomic mass is 9.78. The van der Waals surface area contributed by atoms with E-state index in [2.05, 4.69) is 49.4 Å². The summed E-state index contributed by atoms with van der Waals surface area (Å²) >= 11 is 18.9. The van der Waals surface area contributed by atoms with Gasteiger partial charge in [0.1, 0.15) is 6.04 Å². The van der Waals surface area contributed by atoms with E-state index in [1.54, 1.807) is 0 Å². The lowest BCUT2D eigenvalue weighted by Crippen LogP contribution is -3.18. The molecule has 0 bridgehead atoms. The van der Waals surface area contributed by atoms with Crippen molar-refractivity contribution >= 4 is 34.8 Å². The SMILES string of the molecule is CC[NH+]1[C@H]2C=CC=C[C@@H]2c2ccccc2[C@@H]1C(Cl)(Cl)Cl. The highest BCUT2D eigenvalue weighted by atomic mass is 35.6. The van der Waals surface area contributed by atoms with Crippen molar-refractivity contribution in [3.05, 3.63) is 59.7 Å². The second kappa shape index (κ2) is 5.38. The van der Waals surface area contributed by atoms with E-state index < -0.39 is 3.79 Å². The quantitative estimate of drug-likeness (QED) is 0.751. The van der Waals surface area contributed by atoms with Crippen LogP contribution in [0.15, 0.2) is 48.6 Å². The van der Waals surface area contributed by atoms with Gasteiger partial charge in [-0.3, -0.25) is 0 Å². The largest absolute Gasteiger partial charge is 0.319 e. The molecule has 1 nitrogen and oxygen atoms in total. The number of halogens is 3. The Labute approximate surface area is 134 Å². The first kappa shape index (κ1) is 14.5. The zero-order chi connectivity index (χ0) is 14.3. The Kier molecular flexibility index (Phi) is 3.89. The van der Waals surface area contributed by atoms with E-state index in [1.165, 1.54) is 10.5 Å². The van der Waals surface area contributed by atoms with Crippen LogP contribution in [0.4, 0.5) is 0 Å². The third-order valence-electron chi connectivity index (χ3n) is 4.34. The molecule has 0 aromatic heterocycles. The first-order valence-corrected chi connectivity index (χ1v) is 8.03. The number of benzene rings is 1. The molecular weight excluding hydrogens is 313 g/mol. The molecule has 0 spiro atoms. The molecule has 20 heavy (non-hydrogen) atoms. The molecule has 0 saturated carbocycles. The van der Waals surface area contributed by atoms with E-state index in [9.17, 15) is 0 Å². The van der Waals surface area contributed by atoms with Gasteiger partial charge < -0.3 is 4.90 Å². The van der Waals surface area contributed by atoms with Gasteiger partial charge in [0, 0.05) is 5.56 Å². The highest BCUT2D eigenvalue weighted by Crippen LogP contribution is 2.44. The van der Waals surface area contributed by atoms with Crippen LogP contribution in [-0.2, 0) is 0 Å². The Morgan fingerprint density at radius 2 is 1.70 bits per heavy atom. The van der Waals surface area contributed by atoms with Crippen molar-refractivity contribution in [2.24, 2.45) is 0 Å². The van der Waals surface area contributed by atoms with Gasteiger partial charge in [-0.15, -0.1) is 0 Å². The number of rotatable bonds is 1. The fraction of sp³-hybridized carbons (Fsp3) is 0.375. The smallest absolute Gasteiger partial charge is 0.246 e. The summed E-state index contributed by atoms with van der Waals surface area (Å²) in [5, 5.41) is 0. The van der Waals surface area contributed by atoms with Gasteiger partial charge >= 0.3 is 0 Å². The summed E-state index contributed by atoms with van der Waals surface area (Å²) in [6, 6.07) is 8.55. The zero-order valence-electron chi connectivity index (χ0n) is 11.2. The van der Waals surface area contributed by atoms with Crippen molar-refractivity contribution in [2.45, 2.75) is 28.7 Å². The summed E-state index contributed by atoms with van der Waals surface area (Å²) in [6.07, 6.45) is 8.71. The molecule has 0 saturated heterocycles. The van der Waals surface area contributed by atoms with Gasteiger partial charge in [0.05, 0.1) is 12.5 Å². The molecule has 106 valence electrons. The van der Waals surface area contributed by atoms with Crippen molar-refractivity contribution in [2.75, 3.05) is 6.54 Å². The normalized spacial score (nSPS) is 31.8. The minimum absolute atomic E-state index is 0.133. The maximum absolute atomic E-state index is 6.31. The van der Waals surface area contributed by atoms with Crippen LogP contribution in [0, 0.1) is 0 Å². The summed E-state index contributed by atoms with van der Waals surface area (Å²) in [7, 11) is 0. The van der Waals surface area contributed by atoms with Crippen LogP contribution in [0.1, 0.15) is 30.0 Å². The molecule has 1 heterocycles. The molecular formula is C16H17Cl3N+. The second-order valence-corrected chi connectivity index (χ2v) is 7.72. The van der Waals surface area contributed by atoms with Crippen LogP contribution in [-0.4, -0.2) is 16.4 Å². The molecule has 3 rings (SSSR count). The average Bonchev–Trinajstić information content (AvgIpc) is 2.44. The van der Waals surface area contributed by atoms with E-state index in [0.717, 1.165) is 12.1 Å². The summed E-state index contributed by atoms with van der Waals surface area (Å²) in [5.41, 5.74) is 2.44. The molecule has 1 aromatic carbocycles. The van der Waals surface area contributed by atoms with Gasteiger partial charge in [-0.05, 0) is 18.6 Å². The zero-order valence-corrected chi connectivity index (χ0v) is 13.5. The molecule has 1 aliphatic heterocycles. The minimum atomic E-state index is -1.30. The molecule has 0 radical (unpaired) electrons. The van der Waals surface area contributed by atoms with E-state index >= 15 is 0 Å². The Bertz CT molecular complexity index is 559. The molecule has 4 heteroatoms. The number of likely N-dealkylation sites (N-methyl/N-ethyl adjacent to an activating group) is 1. The monoisotopic (exact) mass is 328 g/mol. The first-order valence-electron chi connectivity index (χ1n) is 6.90. The lowest BCUT2D eigenvalue weighted by Gasteiger charge is -2.45. The predicted octanol–water partition coefficient (Wildman–Crippen LogP) is 3.59. The standard InChI is InChI=1S/C16H16Cl3N/c1-2-20-14-10-6-5-8-12(14)11-7-3-4-9-13(11)15(20)16(17,18)19/h3-10,12,14-15H,2H2,1H3/p+1/t12-,14+,15-/m1/s1. The van der Waals surface area contributed by atoms with Gasteiger partial charge in [0.2, 0.25) is 3.79 Å². The van der Waals surface area contributed by atoms with Crippen LogP contribution in [0.25, 0.3) is 0 Å². The number of nitrogens with one attached hydrogen (secondary N) is 1. The topological polar surface area (TPSA) is 4.44 Å². The Hall–Kier alpha value is -0.470. The highest BCUT2D eigenvalue weighted by molar-refractivity contribution is 6.68. The third-order valence-corrected chi connectivity index (χ3v) is 4.99. The number of alkyl halides is 3. The molecule has 2 aliphatic rings. The molecule has 0 fully saturated rings. The molecule has 1 aliphatic carbocycles. The van der Waals surface area contributed by atoms with Crippen molar-refractivity contribution in [3.8, 4) is 0 Å². The van der Waals surface area contributed by atoms with E-state index in [0.29, 0.717) is 12.0 Å². The van der Waals surface area contributed by atoms with Gasteiger partial charge in [-0.2, -0.15) is 0 Å². The van der Waals surface area contributed by atoms with Gasteiger partial charge in [0.15, 0.2) is 6.04 Å². The fourth-order valence-electron chi connectivity index (χ4n) is 3.55. The van der Waals surface area contributed by atoms with Gasteiger partial charge in [-0.25, -0.2) is 0 Å². The predicted molar refractivity (Wildman–Crippen MR) is 85.8 cm³/mol. The van der Waals surface area contributed by atoms with Crippen LogP contribution in [0.3, 0.4) is 0 Å². The molecule has 0 amide bonds. The van der Waals surface area contributed by atoms with Crippen molar-refractivity contribution in [3.63, 3.8) is 0 Å². The van der Waals surface area contributed by atoms with Crippen molar-refractivity contribution < 1.29 is 4.90 Å². The van der Waals surface area contributed by atoms with E-state index in [1.807, 2.05) is 6.07 Å². The highest BCUT2D eigenvalue weighted by Gasteiger charge is 2.50. The first-order chi connectivity index (χ1) is 9.54.